The lowest BCUT2D eigenvalue weighted by Crippen LogP contribution is -2.42. The smallest absolute Gasteiger partial charge is 0.322 e. The van der Waals surface area contributed by atoms with Crippen LogP contribution in [-0.2, 0) is 9.59 Å². The van der Waals surface area contributed by atoms with Gasteiger partial charge in [0.1, 0.15) is 6.54 Å². The Labute approximate surface area is 105 Å². The standard InChI is InChI=1S/C8H17N3O3.Mg.2H/c9-4-2-1-3-6(10)8(14)11-5-7(12)13;;;/h6H,1-5,9-10H2,(H,11,14)(H,12,13);;;/t6-;;;/m0.../s1. The number of rotatable bonds is 7. The maximum Gasteiger partial charge on any atom is 0.322 e. The third-order valence-corrected chi connectivity index (χ3v) is 1.72. The predicted molar refractivity (Wildman–Crippen MR) is 60.1 cm³/mol. The molecule has 0 heterocycles. The molecule has 0 rings (SSSR count). The van der Waals surface area contributed by atoms with Crippen molar-refractivity contribution in [2.45, 2.75) is 25.3 Å². The summed E-state index contributed by atoms with van der Waals surface area (Å²) in [6, 6.07) is -0.638. The zero-order valence-corrected chi connectivity index (χ0v) is 8.03. The molecule has 0 bridgehead atoms. The van der Waals surface area contributed by atoms with Crippen molar-refractivity contribution in [1.29, 1.82) is 0 Å². The minimum absolute atomic E-state index is 0. The van der Waals surface area contributed by atoms with Gasteiger partial charge in [-0.15, -0.1) is 0 Å². The molecule has 1 atom stereocenters. The van der Waals surface area contributed by atoms with Crippen molar-refractivity contribution in [3.8, 4) is 0 Å². The molecule has 0 aromatic carbocycles. The van der Waals surface area contributed by atoms with Gasteiger partial charge >= 0.3 is 29.0 Å². The van der Waals surface area contributed by atoms with Crippen molar-refractivity contribution < 1.29 is 14.7 Å². The van der Waals surface area contributed by atoms with Crippen molar-refractivity contribution in [2.75, 3.05) is 13.1 Å². The van der Waals surface area contributed by atoms with Crippen LogP contribution < -0.4 is 16.8 Å². The summed E-state index contributed by atoms with van der Waals surface area (Å²) in [5, 5.41) is 10.5. The number of carbonyl (C=O) groups excluding carboxylic acids is 1. The van der Waals surface area contributed by atoms with Crippen LogP contribution in [-0.4, -0.2) is 59.2 Å². The van der Waals surface area contributed by atoms with Crippen molar-refractivity contribution in [3.05, 3.63) is 0 Å². The average molecular weight is 230 g/mol. The number of carbonyl (C=O) groups is 2. The Bertz CT molecular complexity index is 202. The second kappa shape index (κ2) is 10.2. The van der Waals surface area contributed by atoms with E-state index < -0.39 is 17.9 Å². The third-order valence-electron chi connectivity index (χ3n) is 1.72. The fourth-order valence-corrected chi connectivity index (χ4v) is 0.934. The van der Waals surface area contributed by atoms with Gasteiger partial charge in [0, 0.05) is 0 Å². The molecule has 0 aliphatic rings. The summed E-state index contributed by atoms with van der Waals surface area (Å²) in [7, 11) is 0. The molecular weight excluding hydrogens is 210 g/mol. The molecule has 0 radical (unpaired) electrons. The molecule has 1 amide bonds. The molecule has 6 N–H and O–H groups in total. The first-order valence-electron chi connectivity index (χ1n) is 4.53. The Hall–Kier alpha value is -0.374. The quantitative estimate of drug-likeness (QED) is 0.290. The Morgan fingerprint density at radius 3 is 2.40 bits per heavy atom. The number of carboxylic acid groups (broad SMARTS) is 1. The van der Waals surface area contributed by atoms with E-state index in [4.69, 9.17) is 16.6 Å². The number of nitrogens with two attached hydrogens (primary N) is 2. The molecule has 0 aliphatic carbocycles. The van der Waals surface area contributed by atoms with Gasteiger partial charge in [0.05, 0.1) is 6.04 Å². The summed E-state index contributed by atoms with van der Waals surface area (Å²) < 4.78 is 0. The van der Waals surface area contributed by atoms with Gasteiger partial charge in [-0.25, -0.2) is 0 Å². The van der Waals surface area contributed by atoms with Crippen molar-refractivity contribution in [3.63, 3.8) is 0 Å². The van der Waals surface area contributed by atoms with Crippen LogP contribution in [0.2, 0.25) is 0 Å². The zero-order chi connectivity index (χ0) is 11.0. The van der Waals surface area contributed by atoms with Gasteiger partial charge in [0.2, 0.25) is 5.91 Å². The number of aliphatic carboxylic acids is 1. The van der Waals surface area contributed by atoms with Crippen LogP contribution in [0.3, 0.4) is 0 Å². The molecule has 0 saturated heterocycles. The lowest BCUT2D eigenvalue weighted by atomic mass is 10.1. The van der Waals surface area contributed by atoms with E-state index in [1.165, 1.54) is 0 Å². The van der Waals surface area contributed by atoms with Crippen LogP contribution >= 0.6 is 0 Å². The fourth-order valence-electron chi connectivity index (χ4n) is 0.934. The first-order valence-corrected chi connectivity index (χ1v) is 4.53. The lowest BCUT2D eigenvalue weighted by Gasteiger charge is -2.10. The molecule has 7 heteroatoms. The topological polar surface area (TPSA) is 118 Å². The number of amides is 1. The molecule has 0 aromatic heterocycles. The number of unbranched alkanes of at least 4 members (excludes halogenated alkanes) is 1. The van der Waals surface area contributed by atoms with Gasteiger partial charge in [-0.3, -0.25) is 9.59 Å². The molecular formula is C8H19MgN3O3. The minimum Gasteiger partial charge on any atom is -0.480 e. The van der Waals surface area contributed by atoms with E-state index in [0.29, 0.717) is 13.0 Å². The van der Waals surface area contributed by atoms with E-state index in [1.807, 2.05) is 0 Å². The van der Waals surface area contributed by atoms with E-state index >= 15 is 0 Å². The van der Waals surface area contributed by atoms with Gasteiger partial charge in [-0.2, -0.15) is 0 Å². The van der Waals surface area contributed by atoms with E-state index in [-0.39, 0.29) is 29.6 Å². The summed E-state index contributed by atoms with van der Waals surface area (Å²) in [5.74, 6) is -1.50. The van der Waals surface area contributed by atoms with Gasteiger partial charge < -0.3 is 21.9 Å². The Kier molecular flexibility index (Phi) is 11.5. The van der Waals surface area contributed by atoms with Crippen molar-refractivity contribution >= 4 is 34.9 Å². The molecule has 86 valence electrons. The maximum atomic E-state index is 11.1. The highest BCUT2D eigenvalue weighted by Crippen LogP contribution is 1.97. The SMILES string of the molecule is NCCCC[C@H](N)C(=O)NCC(=O)O.[MgH2]. The number of carboxylic acids is 1. The molecule has 0 saturated carbocycles. The predicted octanol–water partition coefficient (Wildman–Crippen LogP) is -2.27. The minimum atomic E-state index is -1.08. The molecule has 6 nitrogen and oxygen atoms in total. The van der Waals surface area contributed by atoms with Crippen LogP contribution in [0.1, 0.15) is 19.3 Å². The van der Waals surface area contributed by atoms with Gasteiger partial charge in [0.25, 0.3) is 0 Å². The molecule has 0 aliphatic heterocycles. The summed E-state index contributed by atoms with van der Waals surface area (Å²) in [6.07, 6.45) is 2.13. The highest BCUT2D eigenvalue weighted by atomic mass is 24.3. The summed E-state index contributed by atoms with van der Waals surface area (Å²) in [4.78, 5) is 21.2. The van der Waals surface area contributed by atoms with Crippen LogP contribution in [0.5, 0.6) is 0 Å². The highest BCUT2D eigenvalue weighted by molar-refractivity contribution is 5.84. The first-order chi connectivity index (χ1) is 6.57. The highest BCUT2D eigenvalue weighted by Gasteiger charge is 2.12. The summed E-state index contributed by atoms with van der Waals surface area (Å²) in [5.41, 5.74) is 10.8. The molecule has 0 unspecified atom stereocenters. The van der Waals surface area contributed by atoms with E-state index in [9.17, 15) is 9.59 Å². The monoisotopic (exact) mass is 229 g/mol. The van der Waals surface area contributed by atoms with E-state index in [1.54, 1.807) is 0 Å². The Morgan fingerprint density at radius 1 is 1.33 bits per heavy atom. The van der Waals surface area contributed by atoms with Crippen molar-refractivity contribution in [2.24, 2.45) is 11.5 Å². The molecule has 0 aromatic rings. The second-order valence-electron chi connectivity index (χ2n) is 3.00. The summed E-state index contributed by atoms with van der Waals surface area (Å²) >= 11 is 0. The first kappa shape index (κ1) is 17.0. The second-order valence-corrected chi connectivity index (χ2v) is 3.00. The van der Waals surface area contributed by atoms with Crippen molar-refractivity contribution in [1.82, 2.24) is 5.32 Å². The van der Waals surface area contributed by atoms with E-state index in [0.717, 1.165) is 12.8 Å². The number of nitrogens with one attached hydrogen (secondary N) is 1. The lowest BCUT2D eigenvalue weighted by molar-refractivity contribution is -0.138. The third kappa shape index (κ3) is 9.92. The number of hydrogen-bond acceptors (Lipinski definition) is 4. The zero-order valence-electron chi connectivity index (χ0n) is 8.03. The normalized spacial score (nSPS) is 11.3. The van der Waals surface area contributed by atoms with Crippen LogP contribution in [0, 0.1) is 0 Å². The van der Waals surface area contributed by atoms with Gasteiger partial charge in [-0.1, -0.05) is 6.42 Å². The van der Waals surface area contributed by atoms with Gasteiger partial charge in [-0.05, 0) is 19.4 Å². The molecule has 0 spiro atoms. The summed E-state index contributed by atoms with van der Waals surface area (Å²) in [6.45, 7) is 0.187. The molecule has 0 fully saturated rings. The van der Waals surface area contributed by atoms with Gasteiger partial charge in [0.15, 0.2) is 0 Å². The Balaban J connectivity index is 0. The van der Waals surface area contributed by atoms with Crippen LogP contribution in [0.25, 0.3) is 0 Å². The van der Waals surface area contributed by atoms with Crippen LogP contribution in [0.4, 0.5) is 0 Å². The maximum absolute atomic E-state index is 11.1. The Morgan fingerprint density at radius 2 is 1.93 bits per heavy atom. The molecule has 15 heavy (non-hydrogen) atoms. The largest absolute Gasteiger partial charge is 0.480 e. The van der Waals surface area contributed by atoms with E-state index in [2.05, 4.69) is 5.32 Å². The van der Waals surface area contributed by atoms with Crippen LogP contribution in [0.15, 0.2) is 0 Å². The average Bonchev–Trinajstić information content (AvgIpc) is 2.14. The fraction of sp³-hybridized carbons (Fsp3) is 0.750. The number of hydrogen-bond donors (Lipinski definition) is 4.